The van der Waals surface area contributed by atoms with Crippen LogP contribution in [0.3, 0.4) is 0 Å². The number of nitro groups is 2. The van der Waals surface area contributed by atoms with E-state index in [2.05, 4.69) is 36.1 Å². The first-order chi connectivity index (χ1) is 17.5. The summed E-state index contributed by atoms with van der Waals surface area (Å²) < 4.78 is 0. The van der Waals surface area contributed by atoms with Crippen molar-refractivity contribution in [3.63, 3.8) is 0 Å². The van der Waals surface area contributed by atoms with Gasteiger partial charge in [0, 0.05) is 30.4 Å². The highest BCUT2D eigenvalue weighted by molar-refractivity contribution is 5.85. The lowest BCUT2D eigenvalue weighted by molar-refractivity contribution is -0.385. The monoisotopic (exact) mass is 485 g/mol. The predicted octanol–water partition coefficient (Wildman–Crippen LogP) is 4.49. The summed E-state index contributed by atoms with van der Waals surface area (Å²) in [6.07, 6.45) is 1.29. The molecule has 36 heavy (non-hydrogen) atoms. The summed E-state index contributed by atoms with van der Waals surface area (Å²) in [7, 11) is 0. The molecule has 0 radical (unpaired) electrons. The summed E-state index contributed by atoms with van der Waals surface area (Å²) in [4.78, 5) is 34.0. The molecular weight excluding hydrogens is 466 g/mol. The van der Waals surface area contributed by atoms with Gasteiger partial charge >= 0.3 is 0 Å². The minimum absolute atomic E-state index is 0.0480. The van der Waals surface area contributed by atoms with Crippen molar-refractivity contribution in [1.29, 1.82) is 0 Å². The number of aromatic nitrogens is 3. The highest BCUT2D eigenvalue weighted by Gasteiger charge is 2.11. The molecule has 0 amide bonds. The lowest BCUT2D eigenvalue weighted by Gasteiger charge is -2.10. The highest BCUT2D eigenvalue weighted by atomic mass is 16.6. The Balaban J connectivity index is 1.56. The van der Waals surface area contributed by atoms with E-state index in [0.29, 0.717) is 17.8 Å². The smallest absolute Gasteiger partial charge is 0.278 e. The topological polar surface area (TPSA) is 173 Å². The second-order valence-electron chi connectivity index (χ2n) is 7.26. The maximum atomic E-state index is 11.2. The third-order valence-corrected chi connectivity index (χ3v) is 4.76. The number of benzene rings is 3. The molecule has 4 aromatic rings. The molecular formula is C23H19N9O4. The molecule has 0 aliphatic rings. The van der Waals surface area contributed by atoms with Crippen LogP contribution in [-0.4, -0.2) is 31.0 Å². The molecule has 1 heterocycles. The quantitative estimate of drug-likeness (QED) is 0.165. The largest absolute Gasteiger partial charge is 0.350 e. The zero-order valence-electron chi connectivity index (χ0n) is 18.6. The fraction of sp³-hybridized carbons (Fsp3) is 0.0435. The van der Waals surface area contributed by atoms with Gasteiger partial charge in [-0.25, -0.2) is 5.43 Å². The van der Waals surface area contributed by atoms with Gasteiger partial charge in [-0.3, -0.25) is 20.2 Å². The number of nitrogens with one attached hydrogen (secondary N) is 3. The van der Waals surface area contributed by atoms with Gasteiger partial charge in [-0.05, 0) is 23.8 Å². The molecule has 0 fully saturated rings. The molecule has 0 saturated heterocycles. The third kappa shape index (κ3) is 6.32. The first kappa shape index (κ1) is 23.7. The molecule has 180 valence electrons. The van der Waals surface area contributed by atoms with Crippen LogP contribution in [0.25, 0.3) is 0 Å². The molecule has 0 unspecified atom stereocenters. The normalized spacial score (nSPS) is 10.7. The van der Waals surface area contributed by atoms with Crippen molar-refractivity contribution in [2.45, 2.75) is 6.54 Å². The van der Waals surface area contributed by atoms with E-state index in [4.69, 9.17) is 0 Å². The number of hydrogen-bond donors (Lipinski definition) is 3. The second-order valence-corrected chi connectivity index (χ2v) is 7.26. The summed E-state index contributed by atoms with van der Waals surface area (Å²) in [5.41, 5.74) is 4.35. The maximum absolute atomic E-state index is 11.2. The third-order valence-electron chi connectivity index (χ3n) is 4.76. The lowest BCUT2D eigenvalue weighted by Crippen LogP contribution is -2.09. The van der Waals surface area contributed by atoms with E-state index in [9.17, 15) is 20.2 Å². The Bertz CT molecular complexity index is 1400. The lowest BCUT2D eigenvalue weighted by atomic mass is 10.2. The van der Waals surface area contributed by atoms with E-state index in [1.165, 1.54) is 36.5 Å². The number of rotatable bonds is 10. The van der Waals surface area contributed by atoms with Gasteiger partial charge < -0.3 is 10.6 Å². The van der Waals surface area contributed by atoms with Crippen LogP contribution >= 0.6 is 0 Å². The summed E-state index contributed by atoms with van der Waals surface area (Å²) in [5, 5.41) is 32.2. The minimum atomic E-state index is -0.498. The van der Waals surface area contributed by atoms with Crippen molar-refractivity contribution in [1.82, 2.24) is 15.0 Å². The Kier molecular flexibility index (Phi) is 7.31. The fourth-order valence-electron chi connectivity index (χ4n) is 3.06. The molecule has 0 aliphatic carbocycles. The summed E-state index contributed by atoms with van der Waals surface area (Å²) >= 11 is 0. The molecule has 4 rings (SSSR count). The molecule has 13 heteroatoms. The average molecular weight is 485 g/mol. The number of nitro benzene ring substituents is 2. The molecule has 13 nitrogen and oxygen atoms in total. The second kappa shape index (κ2) is 11.1. The van der Waals surface area contributed by atoms with Gasteiger partial charge in [-0.2, -0.15) is 20.1 Å². The number of anilines is 4. The molecule has 0 spiro atoms. The summed E-state index contributed by atoms with van der Waals surface area (Å²) in [6.45, 7) is 0.445. The van der Waals surface area contributed by atoms with Gasteiger partial charge in [-0.1, -0.05) is 42.5 Å². The standard InChI is InChI=1S/C23H19N9O4/c33-31(34)19-12-10-18(11-13-19)26-22-27-21(24-14-16-6-2-1-3-7-16)28-23(29-22)30-25-15-17-8-4-5-9-20(17)32(35)36/h1-13,15H,14H2,(H3,24,26,27,28,29,30)/b25-15-. The van der Waals surface area contributed by atoms with Crippen molar-refractivity contribution in [2.24, 2.45) is 5.10 Å². The molecule has 3 N–H and O–H groups in total. The molecule has 1 aromatic heterocycles. The van der Waals surface area contributed by atoms with Gasteiger partial charge in [0.1, 0.15) is 0 Å². The summed E-state index contributed by atoms with van der Waals surface area (Å²) in [6, 6.07) is 21.6. The van der Waals surface area contributed by atoms with Crippen LogP contribution < -0.4 is 16.1 Å². The van der Waals surface area contributed by atoms with Gasteiger partial charge in [0.15, 0.2) is 0 Å². The predicted molar refractivity (Wildman–Crippen MR) is 134 cm³/mol. The number of non-ortho nitro benzene ring substituents is 1. The Hall–Kier alpha value is -5.46. The molecule has 0 aliphatic heterocycles. The highest BCUT2D eigenvalue weighted by Crippen LogP contribution is 2.20. The SMILES string of the molecule is O=[N+]([O-])c1ccc(Nc2nc(NCc3ccccc3)nc(N/N=C\c3ccccc3[N+](=O)[O-])n2)cc1. The van der Waals surface area contributed by atoms with Crippen LogP contribution in [0.15, 0.2) is 84.0 Å². The van der Waals surface area contributed by atoms with E-state index < -0.39 is 9.85 Å². The van der Waals surface area contributed by atoms with E-state index in [-0.39, 0.29) is 29.2 Å². The molecule has 0 bridgehead atoms. The van der Waals surface area contributed by atoms with Crippen LogP contribution in [0, 0.1) is 20.2 Å². The van der Waals surface area contributed by atoms with Gasteiger partial charge in [0.25, 0.3) is 11.4 Å². The Morgan fingerprint density at radius 3 is 2.17 bits per heavy atom. The van der Waals surface area contributed by atoms with Gasteiger partial charge in [0.05, 0.1) is 21.6 Å². The van der Waals surface area contributed by atoms with Crippen LogP contribution in [0.4, 0.5) is 34.9 Å². The number of nitrogens with zero attached hydrogens (tertiary/aromatic N) is 6. The molecule has 3 aromatic carbocycles. The number of para-hydroxylation sites is 1. The van der Waals surface area contributed by atoms with Crippen molar-refractivity contribution in [3.05, 3.63) is 110 Å². The minimum Gasteiger partial charge on any atom is -0.350 e. The van der Waals surface area contributed by atoms with E-state index >= 15 is 0 Å². The van der Waals surface area contributed by atoms with Gasteiger partial charge in [-0.15, -0.1) is 0 Å². The number of hydrogen-bond acceptors (Lipinski definition) is 11. The maximum Gasteiger partial charge on any atom is 0.278 e. The van der Waals surface area contributed by atoms with Crippen molar-refractivity contribution in [2.75, 3.05) is 16.1 Å². The van der Waals surface area contributed by atoms with Crippen LogP contribution in [0.1, 0.15) is 11.1 Å². The first-order valence-corrected chi connectivity index (χ1v) is 10.6. The Morgan fingerprint density at radius 1 is 0.778 bits per heavy atom. The van der Waals surface area contributed by atoms with E-state index in [1.807, 2.05) is 30.3 Å². The van der Waals surface area contributed by atoms with Crippen molar-refractivity contribution >= 4 is 41.1 Å². The van der Waals surface area contributed by atoms with Crippen LogP contribution in [-0.2, 0) is 6.54 Å². The van der Waals surface area contributed by atoms with E-state index in [1.54, 1.807) is 18.2 Å². The fourth-order valence-corrected chi connectivity index (χ4v) is 3.06. The Labute approximate surface area is 204 Å². The van der Waals surface area contributed by atoms with E-state index in [0.717, 1.165) is 5.56 Å². The summed E-state index contributed by atoms with van der Waals surface area (Å²) in [5.74, 6) is 0.458. The van der Waals surface area contributed by atoms with Crippen LogP contribution in [0.5, 0.6) is 0 Å². The molecule has 0 saturated carbocycles. The zero-order chi connectivity index (χ0) is 25.3. The zero-order valence-corrected chi connectivity index (χ0v) is 18.6. The first-order valence-electron chi connectivity index (χ1n) is 10.6. The number of hydrazone groups is 1. The van der Waals surface area contributed by atoms with Crippen LogP contribution in [0.2, 0.25) is 0 Å². The van der Waals surface area contributed by atoms with Crippen molar-refractivity contribution in [3.8, 4) is 0 Å². The Morgan fingerprint density at radius 2 is 1.44 bits per heavy atom. The molecule has 0 atom stereocenters. The average Bonchev–Trinajstić information content (AvgIpc) is 2.88. The van der Waals surface area contributed by atoms with Crippen molar-refractivity contribution < 1.29 is 9.85 Å². The van der Waals surface area contributed by atoms with Gasteiger partial charge in [0.2, 0.25) is 17.8 Å².